The molecule has 8 nitrogen and oxygen atoms in total. The average Bonchev–Trinajstić information content (AvgIpc) is 3.04. The molecule has 1 aliphatic rings. The smallest absolute Gasteiger partial charge is 0.300 e. The van der Waals surface area contributed by atoms with Crippen LogP contribution in [0.3, 0.4) is 0 Å². The summed E-state index contributed by atoms with van der Waals surface area (Å²) in [6, 6.07) is 16.3. The van der Waals surface area contributed by atoms with E-state index < -0.39 is 18.4 Å². The standard InChI is InChI=1S/C18H19F2N5O.C2H4O2/c19-18(20)10-11-25(12-18)17(22)24-16(21)23-13-6-8-15(9-7-13)26-14-4-2-1-3-5-14;1-2(3)4/h1-9H,10-12H2,(H4,21,22,23,24);1H3,(H,3,4). The molecule has 1 heterocycles. The maximum Gasteiger partial charge on any atom is 0.300 e. The molecule has 0 amide bonds. The van der Waals surface area contributed by atoms with Crippen LogP contribution in [-0.2, 0) is 4.79 Å². The Morgan fingerprint density at radius 1 is 1.10 bits per heavy atom. The number of carboxylic acid groups (broad SMARTS) is 1. The van der Waals surface area contributed by atoms with Crippen LogP contribution >= 0.6 is 0 Å². The van der Waals surface area contributed by atoms with E-state index in [2.05, 4.69) is 9.98 Å². The van der Waals surface area contributed by atoms with Crippen molar-refractivity contribution in [2.45, 2.75) is 19.3 Å². The summed E-state index contributed by atoms with van der Waals surface area (Å²) in [6.45, 7) is 0.766. The van der Waals surface area contributed by atoms with E-state index >= 15 is 0 Å². The second kappa shape index (κ2) is 10.2. The molecule has 2 aromatic carbocycles. The highest BCUT2D eigenvalue weighted by molar-refractivity contribution is 5.94. The number of halogens is 2. The zero-order valence-electron chi connectivity index (χ0n) is 16.3. The van der Waals surface area contributed by atoms with E-state index in [0.29, 0.717) is 11.4 Å². The van der Waals surface area contributed by atoms with E-state index in [1.807, 2.05) is 30.3 Å². The molecule has 1 fully saturated rings. The van der Waals surface area contributed by atoms with Gasteiger partial charge < -0.3 is 26.2 Å². The first-order valence-corrected chi connectivity index (χ1v) is 8.98. The number of hydrogen-bond acceptors (Lipinski definition) is 3. The molecule has 0 spiro atoms. The largest absolute Gasteiger partial charge is 0.481 e. The van der Waals surface area contributed by atoms with Crippen LogP contribution in [0.5, 0.6) is 11.5 Å². The van der Waals surface area contributed by atoms with Crippen molar-refractivity contribution in [1.82, 2.24) is 4.90 Å². The van der Waals surface area contributed by atoms with E-state index in [1.54, 1.807) is 24.3 Å². The molecule has 0 unspecified atom stereocenters. The summed E-state index contributed by atoms with van der Waals surface area (Å²) in [6.07, 6.45) is -0.247. The molecule has 1 saturated heterocycles. The predicted molar refractivity (Wildman–Crippen MR) is 110 cm³/mol. The van der Waals surface area contributed by atoms with Gasteiger partial charge in [-0.05, 0) is 36.4 Å². The Balaban J connectivity index is 0.000000735. The molecule has 2 aromatic rings. The van der Waals surface area contributed by atoms with E-state index in [0.717, 1.165) is 12.7 Å². The highest BCUT2D eigenvalue weighted by atomic mass is 19.3. The summed E-state index contributed by atoms with van der Waals surface area (Å²) >= 11 is 0. The van der Waals surface area contributed by atoms with Crippen molar-refractivity contribution in [3.05, 3.63) is 54.6 Å². The molecule has 0 aliphatic carbocycles. The van der Waals surface area contributed by atoms with Crippen molar-refractivity contribution in [2.24, 2.45) is 21.5 Å². The first-order valence-electron chi connectivity index (χ1n) is 8.98. The van der Waals surface area contributed by atoms with E-state index in [1.165, 1.54) is 4.90 Å². The number of nitrogens with two attached hydrogens (primary N) is 2. The number of guanidine groups is 2. The number of aliphatic imine (C=N–C) groups is 2. The monoisotopic (exact) mass is 419 g/mol. The highest BCUT2D eigenvalue weighted by Gasteiger charge is 2.39. The molecule has 5 N–H and O–H groups in total. The fraction of sp³-hybridized carbons (Fsp3) is 0.250. The minimum Gasteiger partial charge on any atom is -0.481 e. The quantitative estimate of drug-likeness (QED) is 0.518. The molecule has 10 heteroatoms. The summed E-state index contributed by atoms with van der Waals surface area (Å²) in [5.74, 6) is -2.37. The zero-order valence-corrected chi connectivity index (χ0v) is 16.3. The van der Waals surface area contributed by atoms with Crippen LogP contribution in [-0.4, -0.2) is 46.9 Å². The van der Waals surface area contributed by atoms with Crippen LogP contribution in [0.15, 0.2) is 64.6 Å². The van der Waals surface area contributed by atoms with Gasteiger partial charge in [-0.2, -0.15) is 4.99 Å². The van der Waals surface area contributed by atoms with Gasteiger partial charge in [-0.1, -0.05) is 18.2 Å². The lowest BCUT2D eigenvalue weighted by atomic mass is 10.3. The lowest BCUT2D eigenvalue weighted by molar-refractivity contribution is -0.134. The number of carboxylic acids is 1. The van der Waals surface area contributed by atoms with Gasteiger partial charge in [-0.3, -0.25) is 4.79 Å². The maximum absolute atomic E-state index is 13.2. The van der Waals surface area contributed by atoms with Crippen LogP contribution in [0, 0.1) is 0 Å². The van der Waals surface area contributed by atoms with E-state index in [-0.39, 0.29) is 24.9 Å². The Morgan fingerprint density at radius 3 is 2.20 bits per heavy atom. The average molecular weight is 419 g/mol. The third-order valence-electron chi connectivity index (χ3n) is 3.78. The third-order valence-corrected chi connectivity index (χ3v) is 3.78. The Kier molecular flexibility index (Phi) is 7.68. The Hall–Kier alpha value is -3.69. The minimum absolute atomic E-state index is 0.0625. The topological polar surface area (TPSA) is 127 Å². The van der Waals surface area contributed by atoms with Gasteiger partial charge in [0.05, 0.1) is 12.2 Å². The van der Waals surface area contributed by atoms with Crippen molar-refractivity contribution >= 4 is 23.6 Å². The maximum atomic E-state index is 13.2. The van der Waals surface area contributed by atoms with Crippen LogP contribution in [0.2, 0.25) is 0 Å². The van der Waals surface area contributed by atoms with Gasteiger partial charge in [-0.25, -0.2) is 13.8 Å². The zero-order chi connectivity index (χ0) is 22.1. The van der Waals surface area contributed by atoms with Crippen LogP contribution < -0.4 is 16.2 Å². The Bertz CT molecular complexity index is 898. The fourth-order valence-corrected chi connectivity index (χ4v) is 2.49. The number of hydrogen-bond donors (Lipinski definition) is 3. The van der Waals surface area contributed by atoms with Gasteiger partial charge in [0, 0.05) is 19.9 Å². The molecule has 1 aliphatic heterocycles. The van der Waals surface area contributed by atoms with Gasteiger partial charge in [0.15, 0.2) is 5.96 Å². The van der Waals surface area contributed by atoms with Gasteiger partial charge in [0.2, 0.25) is 5.96 Å². The second-order valence-electron chi connectivity index (χ2n) is 6.40. The number of likely N-dealkylation sites (tertiary alicyclic amines) is 1. The second-order valence-corrected chi connectivity index (χ2v) is 6.40. The lowest BCUT2D eigenvalue weighted by Gasteiger charge is -2.16. The molecule has 0 saturated carbocycles. The summed E-state index contributed by atoms with van der Waals surface area (Å²) in [5.41, 5.74) is 12.0. The van der Waals surface area contributed by atoms with Crippen molar-refractivity contribution in [3.63, 3.8) is 0 Å². The molecule has 160 valence electrons. The number of aliphatic carboxylic acids is 1. The summed E-state index contributed by atoms with van der Waals surface area (Å²) in [4.78, 5) is 18.3. The van der Waals surface area contributed by atoms with Gasteiger partial charge >= 0.3 is 0 Å². The molecule has 0 atom stereocenters. The first kappa shape index (κ1) is 22.6. The lowest BCUT2D eigenvalue weighted by Crippen LogP contribution is -2.38. The number of para-hydroxylation sites is 1. The van der Waals surface area contributed by atoms with Crippen LogP contribution in [0.1, 0.15) is 13.3 Å². The normalized spacial score (nSPS) is 15.9. The number of benzene rings is 2. The van der Waals surface area contributed by atoms with Gasteiger partial charge in [-0.15, -0.1) is 0 Å². The first-order chi connectivity index (χ1) is 14.1. The van der Waals surface area contributed by atoms with E-state index in [4.69, 9.17) is 26.1 Å². The molecule has 0 bridgehead atoms. The third kappa shape index (κ3) is 7.74. The number of carbonyl (C=O) groups is 1. The Morgan fingerprint density at radius 2 is 1.67 bits per heavy atom. The van der Waals surface area contributed by atoms with E-state index in [9.17, 15) is 8.78 Å². The molecule has 0 radical (unpaired) electrons. The van der Waals surface area contributed by atoms with Crippen LogP contribution in [0.4, 0.5) is 14.5 Å². The van der Waals surface area contributed by atoms with Crippen molar-refractivity contribution in [1.29, 1.82) is 0 Å². The molecular weight excluding hydrogens is 396 g/mol. The number of rotatable bonds is 3. The summed E-state index contributed by atoms with van der Waals surface area (Å²) < 4.78 is 32.1. The summed E-state index contributed by atoms with van der Waals surface area (Å²) in [5, 5.41) is 7.42. The number of ether oxygens (including phenoxy) is 1. The fourth-order valence-electron chi connectivity index (χ4n) is 2.49. The minimum atomic E-state index is -2.75. The number of alkyl halides is 2. The highest BCUT2D eigenvalue weighted by Crippen LogP contribution is 2.26. The SMILES string of the molecule is CC(=O)O.NC(=Nc1ccc(Oc2ccccc2)cc1)N=C(N)N1CCC(F)(F)C1. The number of nitrogens with zero attached hydrogens (tertiary/aromatic N) is 3. The molecule has 3 rings (SSSR count). The predicted octanol–water partition coefficient (Wildman–Crippen LogP) is 3.17. The Labute approximate surface area is 172 Å². The molecule has 30 heavy (non-hydrogen) atoms. The molecular formula is C20H23F2N5O3. The molecule has 0 aromatic heterocycles. The van der Waals surface area contributed by atoms with Crippen molar-refractivity contribution in [3.8, 4) is 11.5 Å². The van der Waals surface area contributed by atoms with Crippen LogP contribution in [0.25, 0.3) is 0 Å². The van der Waals surface area contributed by atoms with Crippen molar-refractivity contribution in [2.75, 3.05) is 13.1 Å². The van der Waals surface area contributed by atoms with Gasteiger partial charge in [0.25, 0.3) is 11.9 Å². The van der Waals surface area contributed by atoms with Crippen molar-refractivity contribution < 1.29 is 23.4 Å². The van der Waals surface area contributed by atoms with Gasteiger partial charge in [0.1, 0.15) is 11.5 Å². The summed E-state index contributed by atoms with van der Waals surface area (Å²) in [7, 11) is 0.